The van der Waals surface area contributed by atoms with E-state index in [1.54, 1.807) is 6.07 Å². The van der Waals surface area contributed by atoms with Gasteiger partial charge in [-0.2, -0.15) is 18.3 Å². The Bertz CT molecular complexity index is 936. The number of halogens is 3. The summed E-state index contributed by atoms with van der Waals surface area (Å²) >= 11 is 0. The number of rotatable bonds is 2. The van der Waals surface area contributed by atoms with Gasteiger partial charge < -0.3 is 4.90 Å². The Morgan fingerprint density at radius 3 is 2.28 bits per heavy atom. The third-order valence-electron chi connectivity index (χ3n) is 6.16. The molecular weight excluding hydrogens is 381 g/mol. The number of carbonyl (C=O) groups excluding carboxylic acids is 1. The van der Waals surface area contributed by atoms with E-state index in [-0.39, 0.29) is 23.4 Å². The lowest BCUT2D eigenvalue weighted by Crippen LogP contribution is -2.39. The molecule has 1 aliphatic heterocycles. The topological polar surface area (TPSA) is 50.5 Å². The summed E-state index contributed by atoms with van der Waals surface area (Å²) in [6, 6.07) is 2.78. The van der Waals surface area contributed by atoms with Gasteiger partial charge in [0.25, 0.3) is 0 Å². The number of fused-ring (bicyclic) bond motifs is 1. The third kappa shape index (κ3) is 3.85. The van der Waals surface area contributed by atoms with Gasteiger partial charge in [0.1, 0.15) is 5.69 Å². The molecule has 3 heterocycles. The van der Waals surface area contributed by atoms with E-state index in [1.807, 2.05) is 25.7 Å². The fourth-order valence-electron chi connectivity index (χ4n) is 4.07. The van der Waals surface area contributed by atoms with Crippen molar-refractivity contribution in [2.45, 2.75) is 64.5 Å². The maximum atomic E-state index is 13.7. The molecule has 4 rings (SSSR count). The molecule has 2 fully saturated rings. The van der Waals surface area contributed by atoms with Crippen LogP contribution in [0.15, 0.2) is 12.1 Å². The molecule has 0 unspecified atom stereocenters. The van der Waals surface area contributed by atoms with E-state index in [2.05, 4.69) is 17.0 Å². The molecule has 2 atom stereocenters. The normalized spacial score (nSPS) is 23.6. The SMILES string of the molecule is C[C@H]1C[C@H]1C(=O)N1CCC(c2cc3nc(C(C)(C)C)cc(C(F)(F)F)n3n2)CC1. The molecule has 158 valence electrons. The first-order chi connectivity index (χ1) is 13.4. The summed E-state index contributed by atoms with van der Waals surface area (Å²) in [4.78, 5) is 18.8. The number of nitrogens with zero attached hydrogens (tertiary/aromatic N) is 4. The smallest absolute Gasteiger partial charge is 0.342 e. The summed E-state index contributed by atoms with van der Waals surface area (Å²) in [7, 11) is 0. The minimum absolute atomic E-state index is 0.0385. The van der Waals surface area contributed by atoms with Gasteiger partial charge in [0.15, 0.2) is 5.65 Å². The first-order valence-electron chi connectivity index (χ1n) is 10.2. The minimum atomic E-state index is -4.51. The van der Waals surface area contributed by atoms with E-state index in [1.165, 1.54) is 0 Å². The highest BCUT2D eigenvalue weighted by Crippen LogP contribution is 2.40. The Kier molecular flexibility index (Phi) is 4.66. The first kappa shape index (κ1) is 20.2. The van der Waals surface area contributed by atoms with Crippen molar-refractivity contribution in [3.63, 3.8) is 0 Å². The van der Waals surface area contributed by atoms with Crippen LogP contribution in [0.3, 0.4) is 0 Å². The van der Waals surface area contributed by atoms with Crippen LogP contribution in [0.25, 0.3) is 5.65 Å². The van der Waals surface area contributed by atoms with Crippen LogP contribution in [-0.4, -0.2) is 38.5 Å². The maximum Gasteiger partial charge on any atom is 0.433 e. The fraction of sp³-hybridized carbons (Fsp3) is 0.667. The number of aromatic nitrogens is 3. The van der Waals surface area contributed by atoms with Gasteiger partial charge in [-0.25, -0.2) is 9.50 Å². The average Bonchev–Trinajstić information content (AvgIpc) is 3.20. The van der Waals surface area contributed by atoms with Crippen LogP contribution < -0.4 is 0 Å². The number of hydrogen-bond acceptors (Lipinski definition) is 3. The molecule has 8 heteroatoms. The second-order valence-corrected chi connectivity index (χ2v) is 9.53. The molecule has 1 saturated heterocycles. The maximum absolute atomic E-state index is 13.7. The van der Waals surface area contributed by atoms with Crippen molar-refractivity contribution in [3.05, 3.63) is 29.2 Å². The van der Waals surface area contributed by atoms with Crippen LogP contribution in [0.5, 0.6) is 0 Å². The largest absolute Gasteiger partial charge is 0.433 e. The molecule has 0 bridgehead atoms. The van der Waals surface area contributed by atoms with E-state index in [0.29, 0.717) is 43.2 Å². The minimum Gasteiger partial charge on any atom is -0.342 e. The van der Waals surface area contributed by atoms with Gasteiger partial charge in [-0.3, -0.25) is 4.79 Å². The molecular formula is C21H27F3N4O. The lowest BCUT2D eigenvalue weighted by molar-refractivity contribution is -0.142. The second kappa shape index (κ2) is 6.71. The molecule has 2 aliphatic rings. The Morgan fingerprint density at radius 1 is 1.14 bits per heavy atom. The Balaban J connectivity index is 1.60. The predicted octanol–water partition coefficient (Wildman–Crippen LogP) is 4.41. The van der Waals surface area contributed by atoms with Gasteiger partial charge in [-0.15, -0.1) is 0 Å². The van der Waals surface area contributed by atoms with Crippen LogP contribution in [0.1, 0.15) is 70.0 Å². The molecule has 2 aromatic heterocycles. The number of amides is 1. The summed E-state index contributed by atoms with van der Waals surface area (Å²) in [5, 5.41) is 4.29. The summed E-state index contributed by atoms with van der Waals surface area (Å²) in [6.07, 6.45) is -2.12. The van der Waals surface area contributed by atoms with Crippen molar-refractivity contribution in [1.29, 1.82) is 0 Å². The van der Waals surface area contributed by atoms with Crippen molar-refractivity contribution in [2.75, 3.05) is 13.1 Å². The lowest BCUT2D eigenvalue weighted by atomic mass is 9.91. The second-order valence-electron chi connectivity index (χ2n) is 9.53. The third-order valence-corrected chi connectivity index (χ3v) is 6.16. The molecule has 0 spiro atoms. The standard InChI is InChI=1S/C21H27F3N4O/c1-12-9-14(12)19(29)27-7-5-13(6-8-27)15-10-18-25-16(20(2,3)4)11-17(21(22,23)24)28(18)26-15/h10-14H,5-9H2,1-4H3/t12-,14+/m0/s1. The van der Waals surface area contributed by atoms with E-state index in [4.69, 9.17) is 0 Å². The van der Waals surface area contributed by atoms with Crippen LogP contribution in [0.4, 0.5) is 13.2 Å². The number of hydrogen-bond donors (Lipinski definition) is 0. The van der Waals surface area contributed by atoms with Gasteiger partial charge in [-0.1, -0.05) is 27.7 Å². The Hall–Kier alpha value is -2.12. The van der Waals surface area contributed by atoms with E-state index >= 15 is 0 Å². The highest BCUT2D eigenvalue weighted by atomic mass is 19.4. The summed E-state index contributed by atoms with van der Waals surface area (Å²) < 4.78 is 41.9. The number of carbonyl (C=O) groups is 1. The van der Waals surface area contributed by atoms with Gasteiger partial charge >= 0.3 is 6.18 Å². The fourth-order valence-corrected chi connectivity index (χ4v) is 4.07. The summed E-state index contributed by atoms with van der Waals surface area (Å²) in [6.45, 7) is 8.88. The Labute approximate surface area is 168 Å². The zero-order valence-corrected chi connectivity index (χ0v) is 17.3. The van der Waals surface area contributed by atoms with Gasteiger partial charge in [0.05, 0.1) is 11.4 Å². The number of likely N-dealkylation sites (tertiary alicyclic amines) is 1. The van der Waals surface area contributed by atoms with Crippen molar-refractivity contribution >= 4 is 11.6 Å². The number of piperidine rings is 1. The number of alkyl halides is 3. The molecule has 0 radical (unpaired) electrons. The van der Waals surface area contributed by atoms with Crippen LogP contribution >= 0.6 is 0 Å². The van der Waals surface area contributed by atoms with E-state index < -0.39 is 17.3 Å². The monoisotopic (exact) mass is 408 g/mol. The molecule has 29 heavy (non-hydrogen) atoms. The van der Waals surface area contributed by atoms with E-state index in [0.717, 1.165) is 17.0 Å². The van der Waals surface area contributed by atoms with Gasteiger partial charge in [0, 0.05) is 36.4 Å². The van der Waals surface area contributed by atoms with Crippen molar-refractivity contribution in [1.82, 2.24) is 19.5 Å². The zero-order valence-electron chi connectivity index (χ0n) is 17.3. The van der Waals surface area contributed by atoms with Crippen molar-refractivity contribution in [3.8, 4) is 0 Å². The lowest BCUT2D eigenvalue weighted by Gasteiger charge is -2.31. The average molecular weight is 408 g/mol. The van der Waals surface area contributed by atoms with Crippen LogP contribution in [0.2, 0.25) is 0 Å². The molecule has 1 saturated carbocycles. The highest BCUT2D eigenvalue weighted by Gasteiger charge is 2.42. The summed E-state index contributed by atoms with van der Waals surface area (Å²) in [5.41, 5.74) is -0.0551. The Morgan fingerprint density at radius 2 is 1.76 bits per heavy atom. The molecule has 5 nitrogen and oxygen atoms in total. The van der Waals surface area contributed by atoms with E-state index in [9.17, 15) is 18.0 Å². The van der Waals surface area contributed by atoms with Crippen molar-refractivity contribution < 1.29 is 18.0 Å². The molecule has 0 N–H and O–H groups in total. The molecule has 1 aliphatic carbocycles. The first-order valence-corrected chi connectivity index (χ1v) is 10.2. The van der Waals surface area contributed by atoms with Crippen LogP contribution in [0, 0.1) is 11.8 Å². The highest BCUT2D eigenvalue weighted by molar-refractivity contribution is 5.81. The van der Waals surface area contributed by atoms with Gasteiger partial charge in [0.2, 0.25) is 5.91 Å². The predicted molar refractivity (Wildman–Crippen MR) is 103 cm³/mol. The van der Waals surface area contributed by atoms with Crippen LogP contribution in [-0.2, 0) is 16.4 Å². The summed E-state index contributed by atoms with van der Waals surface area (Å²) in [5.74, 6) is 0.900. The van der Waals surface area contributed by atoms with Crippen molar-refractivity contribution in [2.24, 2.45) is 11.8 Å². The zero-order chi connectivity index (χ0) is 21.1. The quantitative estimate of drug-likeness (QED) is 0.740. The molecule has 1 amide bonds. The van der Waals surface area contributed by atoms with Gasteiger partial charge in [-0.05, 0) is 31.2 Å². The molecule has 0 aromatic carbocycles. The molecule has 2 aromatic rings.